The number of nitrogens with zero attached hydrogens (tertiary/aromatic N) is 3. The summed E-state index contributed by atoms with van der Waals surface area (Å²) in [5.74, 6) is 0.356. The number of hydrogen-bond acceptors (Lipinski definition) is 4. The van der Waals surface area contributed by atoms with E-state index in [2.05, 4.69) is 11.1 Å². The Hall–Kier alpha value is -2.06. The Morgan fingerprint density at radius 1 is 1.53 bits per heavy atom. The third-order valence-corrected chi connectivity index (χ3v) is 2.23. The fourth-order valence-electron chi connectivity index (χ4n) is 1.55. The van der Waals surface area contributed by atoms with E-state index in [1.165, 1.54) is 0 Å². The molecular formula is C10H10N4O. The van der Waals surface area contributed by atoms with Gasteiger partial charge in [-0.25, -0.2) is 4.98 Å². The van der Waals surface area contributed by atoms with Crippen LogP contribution < -0.4 is 5.73 Å². The summed E-state index contributed by atoms with van der Waals surface area (Å²) in [4.78, 5) is 4.13. The van der Waals surface area contributed by atoms with Crippen molar-refractivity contribution in [3.63, 3.8) is 0 Å². The number of aromatic nitrogens is 2. The van der Waals surface area contributed by atoms with E-state index in [-0.39, 0.29) is 6.61 Å². The summed E-state index contributed by atoms with van der Waals surface area (Å²) in [7, 11) is 0. The van der Waals surface area contributed by atoms with E-state index in [0.717, 1.165) is 11.0 Å². The number of aliphatic hydroxyl groups is 1. The normalized spacial score (nSPS) is 10.4. The van der Waals surface area contributed by atoms with Gasteiger partial charge in [0.25, 0.3) is 0 Å². The van der Waals surface area contributed by atoms with Gasteiger partial charge in [0.1, 0.15) is 0 Å². The van der Waals surface area contributed by atoms with Crippen LogP contribution in [0.15, 0.2) is 18.2 Å². The summed E-state index contributed by atoms with van der Waals surface area (Å²) < 4.78 is 1.69. The minimum atomic E-state index is -0.00750. The maximum atomic E-state index is 8.88. The molecule has 1 aromatic heterocycles. The molecule has 2 aromatic rings. The maximum absolute atomic E-state index is 8.88. The molecule has 3 N–H and O–H groups in total. The summed E-state index contributed by atoms with van der Waals surface area (Å²) in [6, 6.07) is 7.21. The highest BCUT2D eigenvalue weighted by Crippen LogP contribution is 2.18. The Balaban J connectivity index is 2.67. The zero-order valence-corrected chi connectivity index (χ0v) is 8.01. The SMILES string of the molecule is N#Cc1ccc2nc(N)n(CCO)c2c1. The fourth-order valence-corrected chi connectivity index (χ4v) is 1.55. The summed E-state index contributed by atoms with van der Waals surface area (Å²) in [5, 5.41) is 17.6. The zero-order valence-electron chi connectivity index (χ0n) is 8.01. The first-order valence-electron chi connectivity index (χ1n) is 4.53. The molecule has 0 aliphatic carbocycles. The summed E-state index contributed by atoms with van der Waals surface area (Å²) >= 11 is 0. The van der Waals surface area contributed by atoms with E-state index in [0.29, 0.717) is 18.1 Å². The lowest BCUT2D eigenvalue weighted by Gasteiger charge is -2.02. The van der Waals surface area contributed by atoms with Crippen molar-refractivity contribution in [3.8, 4) is 6.07 Å². The smallest absolute Gasteiger partial charge is 0.201 e. The second-order valence-electron chi connectivity index (χ2n) is 3.16. The molecule has 0 fully saturated rings. The molecule has 15 heavy (non-hydrogen) atoms. The van der Waals surface area contributed by atoms with Gasteiger partial charge in [0.2, 0.25) is 5.95 Å². The summed E-state index contributed by atoms with van der Waals surface area (Å²) in [6.45, 7) is 0.379. The van der Waals surface area contributed by atoms with E-state index in [4.69, 9.17) is 16.1 Å². The highest BCUT2D eigenvalue weighted by Gasteiger charge is 2.07. The molecule has 5 heteroatoms. The molecular weight excluding hydrogens is 192 g/mol. The van der Waals surface area contributed by atoms with Gasteiger partial charge in [-0.2, -0.15) is 5.26 Å². The van der Waals surface area contributed by atoms with Gasteiger partial charge in [0.05, 0.1) is 29.3 Å². The third kappa shape index (κ3) is 1.51. The van der Waals surface area contributed by atoms with Crippen molar-refractivity contribution in [2.75, 3.05) is 12.3 Å². The lowest BCUT2D eigenvalue weighted by Crippen LogP contribution is -2.06. The monoisotopic (exact) mass is 202 g/mol. The van der Waals surface area contributed by atoms with Gasteiger partial charge in [-0.1, -0.05) is 0 Å². The minimum absolute atomic E-state index is 0.00750. The lowest BCUT2D eigenvalue weighted by atomic mass is 10.2. The number of nitrogens with two attached hydrogens (primary N) is 1. The van der Waals surface area contributed by atoms with Crippen molar-refractivity contribution in [2.45, 2.75) is 6.54 Å². The molecule has 0 aliphatic rings. The Morgan fingerprint density at radius 2 is 2.33 bits per heavy atom. The molecule has 0 saturated heterocycles. The van der Waals surface area contributed by atoms with Crippen molar-refractivity contribution in [2.24, 2.45) is 0 Å². The number of benzene rings is 1. The molecule has 0 spiro atoms. The van der Waals surface area contributed by atoms with Crippen LogP contribution in [-0.2, 0) is 6.54 Å². The van der Waals surface area contributed by atoms with Crippen LogP contribution in [0.3, 0.4) is 0 Å². The number of nitrogen functional groups attached to an aromatic ring is 1. The van der Waals surface area contributed by atoms with Crippen LogP contribution >= 0.6 is 0 Å². The van der Waals surface area contributed by atoms with Crippen LogP contribution in [0, 0.1) is 11.3 Å². The highest BCUT2D eigenvalue weighted by atomic mass is 16.3. The quantitative estimate of drug-likeness (QED) is 0.741. The van der Waals surface area contributed by atoms with Gasteiger partial charge in [-0.3, -0.25) is 0 Å². The van der Waals surface area contributed by atoms with Crippen molar-refractivity contribution in [1.29, 1.82) is 5.26 Å². The van der Waals surface area contributed by atoms with Gasteiger partial charge in [-0.05, 0) is 18.2 Å². The third-order valence-electron chi connectivity index (χ3n) is 2.23. The summed E-state index contributed by atoms with van der Waals surface area (Å²) in [6.07, 6.45) is 0. The van der Waals surface area contributed by atoms with Gasteiger partial charge >= 0.3 is 0 Å². The Bertz CT molecular complexity index is 538. The van der Waals surface area contributed by atoms with Crippen LogP contribution in [0.1, 0.15) is 5.56 Å². The van der Waals surface area contributed by atoms with E-state index in [1.54, 1.807) is 22.8 Å². The first-order valence-corrected chi connectivity index (χ1v) is 4.53. The molecule has 0 amide bonds. The molecule has 0 saturated carbocycles. The second-order valence-corrected chi connectivity index (χ2v) is 3.16. The van der Waals surface area contributed by atoms with E-state index < -0.39 is 0 Å². The molecule has 0 aliphatic heterocycles. The fraction of sp³-hybridized carbons (Fsp3) is 0.200. The molecule has 76 valence electrons. The molecule has 0 unspecified atom stereocenters. The van der Waals surface area contributed by atoms with Crippen molar-refractivity contribution >= 4 is 17.0 Å². The van der Waals surface area contributed by atoms with Gasteiger partial charge in [0, 0.05) is 6.54 Å². The Labute approximate surface area is 86.4 Å². The van der Waals surface area contributed by atoms with E-state index in [9.17, 15) is 0 Å². The zero-order chi connectivity index (χ0) is 10.8. The summed E-state index contributed by atoms with van der Waals surface area (Å²) in [5.41, 5.74) is 7.76. The molecule has 0 atom stereocenters. The predicted molar refractivity (Wildman–Crippen MR) is 55.9 cm³/mol. The van der Waals surface area contributed by atoms with Gasteiger partial charge in [-0.15, -0.1) is 0 Å². The van der Waals surface area contributed by atoms with E-state index in [1.807, 2.05) is 0 Å². The Morgan fingerprint density at radius 3 is 3.00 bits per heavy atom. The number of anilines is 1. The van der Waals surface area contributed by atoms with E-state index >= 15 is 0 Å². The average molecular weight is 202 g/mol. The van der Waals surface area contributed by atoms with Crippen LogP contribution in [0.4, 0.5) is 5.95 Å². The molecule has 0 bridgehead atoms. The molecule has 2 rings (SSSR count). The van der Waals surface area contributed by atoms with Gasteiger partial charge < -0.3 is 15.4 Å². The number of rotatable bonds is 2. The van der Waals surface area contributed by atoms with Gasteiger partial charge in [0.15, 0.2) is 0 Å². The molecule has 1 heterocycles. The first-order chi connectivity index (χ1) is 7.26. The standard InChI is InChI=1S/C10H10N4O/c11-6-7-1-2-8-9(5-7)14(3-4-15)10(12)13-8/h1-2,5,15H,3-4H2,(H2,12,13). The Kier molecular flexibility index (Phi) is 2.27. The number of nitriles is 1. The number of hydrogen-bond donors (Lipinski definition) is 2. The van der Waals surface area contributed by atoms with Crippen LogP contribution in [0.2, 0.25) is 0 Å². The highest BCUT2D eigenvalue weighted by molar-refractivity contribution is 5.79. The number of aliphatic hydroxyl groups excluding tert-OH is 1. The molecule has 0 radical (unpaired) electrons. The van der Waals surface area contributed by atoms with Crippen molar-refractivity contribution in [3.05, 3.63) is 23.8 Å². The van der Waals surface area contributed by atoms with Crippen LogP contribution in [0.25, 0.3) is 11.0 Å². The number of imidazole rings is 1. The maximum Gasteiger partial charge on any atom is 0.201 e. The first kappa shape index (κ1) is 9.49. The van der Waals surface area contributed by atoms with Crippen LogP contribution in [0.5, 0.6) is 0 Å². The number of fused-ring (bicyclic) bond motifs is 1. The average Bonchev–Trinajstić information content (AvgIpc) is 2.55. The molecule has 5 nitrogen and oxygen atoms in total. The lowest BCUT2D eigenvalue weighted by molar-refractivity contribution is 0.278. The van der Waals surface area contributed by atoms with Crippen LogP contribution in [-0.4, -0.2) is 21.3 Å². The van der Waals surface area contributed by atoms with Crippen molar-refractivity contribution < 1.29 is 5.11 Å². The predicted octanol–water partition coefficient (Wildman–Crippen LogP) is 0.482. The second kappa shape index (κ2) is 3.59. The topological polar surface area (TPSA) is 87.9 Å². The largest absolute Gasteiger partial charge is 0.395 e. The molecule has 1 aromatic carbocycles. The minimum Gasteiger partial charge on any atom is -0.395 e. The van der Waals surface area contributed by atoms with Crippen molar-refractivity contribution in [1.82, 2.24) is 9.55 Å².